The second-order valence-corrected chi connectivity index (χ2v) is 12.6. The van der Waals surface area contributed by atoms with Crippen LogP contribution >= 0.6 is 11.6 Å². The van der Waals surface area contributed by atoms with Gasteiger partial charge in [0, 0.05) is 24.2 Å². The number of hydrogen-bond acceptors (Lipinski definition) is 6. The number of nitrogens with zero attached hydrogens (tertiary/aromatic N) is 2. The van der Waals surface area contributed by atoms with E-state index in [1.807, 2.05) is 26.8 Å². The Labute approximate surface area is 259 Å². The van der Waals surface area contributed by atoms with Crippen LogP contribution in [0.25, 0.3) is 0 Å². The van der Waals surface area contributed by atoms with Gasteiger partial charge >= 0.3 is 0 Å². The van der Waals surface area contributed by atoms with Gasteiger partial charge in [0.15, 0.2) is 11.5 Å². The summed E-state index contributed by atoms with van der Waals surface area (Å²) < 4.78 is 40.2. The molecule has 1 N–H and O–H groups in total. The van der Waals surface area contributed by atoms with Gasteiger partial charge in [-0.3, -0.25) is 13.9 Å². The second kappa shape index (κ2) is 15.1. The number of sulfonamides is 1. The van der Waals surface area contributed by atoms with Gasteiger partial charge in [0.25, 0.3) is 10.0 Å². The number of anilines is 1. The van der Waals surface area contributed by atoms with Gasteiger partial charge in [-0.1, -0.05) is 43.1 Å². The maximum Gasteiger partial charge on any atom is 0.264 e. The Morgan fingerprint density at radius 1 is 0.930 bits per heavy atom. The molecule has 3 aromatic rings. The van der Waals surface area contributed by atoms with Crippen LogP contribution in [0.3, 0.4) is 0 Å². The molecule has 2 amide bonds. The fraction of sp³-hybridized carbons (Fsp3) is 0.375. The number of unbranched alkanes of at least 4 members (excludes halogenated alkanes) is 1. The number of hydrogen-bond donors (Lipinski definition) is 1. The summed E-state index contributed by atoms with van der Waals surface area (Å²) in [5, 5.41) is 3.42. The Balaban J connectivity index is 2.08. The van der Waals surface area contributed by atoms with Crippen molar-refractivity contribution in [3.63, 3.8) is 0 Å². The van der Waals surface area contributed by atoms with Crippen molar-refractivity contribution in [2.45, 2.75) is 58.0 Å². The summed E-state index contributed by atoms with van der Waals surface area (Å²) in [6.45, 7) is 7.38. The minimum absolute atomic E-state index is 0.0771. The molecule has 0 aromatic heterocycles. The molecule has 0 bridgehead atoms. The van der Waals surface area contributed by atoms with E-state index in [1.54, 1.807) is 43.3 Å². The molecule has 0 fully saturated rings. The van der Waals surface area contributed by atoms with Gasteiger partial charge < -0.3 is 19.7 Å². The van der Waals surface area contributed by atoms with Crippen molar-refractivity contribution >= 4 is 39.1 Å². The summed E-state index contributed by atoms with van der Waals surface area (Å²) in [5.74, 6) is -0.266. The predicted molar refractivity (Wildman–Crippen MR) is 169 cm³/mol. The van der Waals surface area contributed by atoms with Crippen LogP contribution in [-0.2, 0) is 26.2 Å². The van der Waals surface area contributed by atoms with E-state index in [9.17, 15) is 18.0 Å². The van der Waals surface area contributed by atoms with Gasteiger partial charge in [-0.25, -0.2) is 8.42 Å². The summed E-state index contributed by atoms with van der Waals surface area (Å²) in [4.78, 5) is 28.5. The van der Waals surface area contributed by atoms with E-state index in [2.05, 4.69) is 5.32 Å². The van der Waals surface area contributed by atoms with E-state index >= 15 is 0 Å². The average molecular weight is 630 g/mol. The molecular weight excluding hydrogens is 590 g/mol. The quantitative estimate of drug-likeness (QED) is 0.236. The van der Waals surface area contributed by atoms with E-state index in [-0.39, 0.29) is 23.1 Å². The number of nitrogens with one attached hydrogen (secondary N) is 1. The number of rotatable bonds is 14. The van der Waals surface area contributed by atoms with E-state index < -0.39 is 28.5 Å². The standard InChI is InChI=1S/C32H40ClN3O6S/c1-7-8-15-34-32(38)24(4)35(20-25-9-11-26(33)12-10-25)31(37)21-36(27-17-22(2)16-23(3)18-27)43(39,40)28-13-14-29(41-5)30(19-28)42-6/h9-14,16-19,24H,7-8,15,20-21H2,1-6H3,(H,34,38). The summed E-state index contributed by atoms with van der Waals surface area (Å²) in [6, 6.07) is 15.7. The Hall–Kier alpha value is -3.76. The van der Waals surface area contributed by atoms with Crippen molar-refractivity contribution in [3.05, 3.63) is 82.4 Å². The lowest BCUT2D eigenvalue weighted by Gasteiger charge is -2.32. The minimum atomic E-state index is -4.28. The summed E-state index contributed by atoms with van der Waals surface area (Å²) in [5.41, 5.74) is 2.73. The molecule has 3 aromatic carbocycles. The van der Waals surface area contributed by atoms with Gasteiger partial charge in [-0.15, -0.1) is 0 Å². The Kier molecular flexibility index (Phi) is 11.9. The zero-order chi connectivity index (χ0) is 31.7. The summed E-state index contributed by atoms with van der Waals surface area (Å²) in [6.07, 6.45) is 1.70. The molecule has 11 heteroatoms. The predicted octanol–water partition coefficient (Wildman–Crippen LogP) is 5.50. The highest BCUT2D eigenvalue weighted by atomic mass is 35.5. The number of carbonyl (C=O) groups excluding carboxylic acids is 2. The minimum Gasteiger partial charge on any atom is -0.493 e. The van der Waals surface area contributed by atoms with Crippen LogP contribution in [0.4, 0.5) is 5.69 Å². The van der Waals surface area contributed by atoms with Crippen molar-refractivity contribution in [1.29, 1.82) is 0 Å². The lowest BCUT2D eigenvalue weighted by molar-refractivity contribution is -0.139. The van der Waals surface area contributed by atoms with Gasteiger partial charge in [0.1, 0.15) is 12.6 Å². The third kappa shape index (κ3) is 8.64. The first-order chi connectivity index (χ1) is 20.4. The number of methoxy groups -OCH3 is 2. The van der Waals surface area contributed by atoms with Crippen molar-refractivity contribution in [1.82, 2.24) is 10.2 Å². The van der Waals surface area contributed by atoms with Crippen LogP contribution in [0.15, 0.2) is 65.6 Å². The molecule has 1 atom stereocenters. The van der Waals surface area contributed by atoms with Crippen molar-refractivity contribution in [2.75, 3.05) is 31.6 Å². The molecule has 0 saturated heterocycles. The molecule has 0 saturated carbocycles. The van der Waals surface area contributed by atoms with Crippen LogP contribution in [0.5, 0.6) is 11.5 Å². The Morgan fingerprint density at radius 2 is 1.56 bits per heavy atom. The Morgan fingerprint density at radius 3 is 2.14 bits per heavy atom. The van der Waals surface area contributed by atoms with Crippen LogP contribution in [0.2, 0.25) is 5.02 Å². The molecule has 0 aliphatic heterocycles. The number of carbonyl (C=O) groups is 2. The summed E-state index contributed by atoms with van der Waals surface area (Å²) >= 11 is 6.07. The fourth-order valence-corrected chi connectivity index (χ4v) is 6.17. The van der Waals surface area contributed by atoms with Crippen molar-refractivity contribution < 1.29 is 27.5 Å². The molecule has 0 aliphatic rings. The lowest BCUT2D eigenvalue weighted by atomic mass is 10.1. The van der Waals surface area contributed by atoms with E-state index in [1.165, 1.54) is 37.3 Å². The van der Waals surface area contributed by atoms with Gasteiger partial charge in [0.05, 0.1) is 24.8 Å². The number of halogens is 1. The van der Waals surface area contributed by atoms with E-state index in [0.29, 0.717) is 23.0 Å². The third-order valence-corrected chi connectivity index (χ3v) is 9.00. The molecular formula is C32H40ClN3O6S. The molecule has 0 spiro atoms. The molecule has 1 unspecified atom stereocenters. The molecule has 232 valence electrons. The largest absolute Gasteiger partial charge is 0.493 e. The highest BCUT2D eigenvalue weighted by Crippen LogP contribution is 2.33. The first kappa shape index (κ1) is 33.7. The number of amides is 2. The summed E-state index contributed by atoms with van der Waals surface area (Å²) in [7, 11) is -1.41. The van der Waals surface area contributed by atoms with Crippen LogP contribution < -0.4 is 19.1 Å². The number of aryl methyl sites for hydroxylation is 2. The fourth-order valence-electron chi connectivity index (χ4n) is 4.63. The third-order valence-electron chi connectivity index (χ3n) is 6.98. The van der Waals surface area contributed by atoms with Gasteiger partial charge in [-0.05, 0) is 80.3 Å². The zero-order valence-electron chi connectivity index (χ0n) is 25.5. The smallest absolute Gasteiger partial charge is 0.264 e. The molecule has 43 heavy (non-hydrogen) atoms. The van der Waals surface area contributed by atoms with E-state index in [0.717, 1.165) is 33.8 Å². The van der Waals surface area contributed by atoms with E-state index in [4.69, 9.17) is 21.1 Å². The monoisotopic (exact) mass is 629 g/mol. The lowest BCUT2D eigenvalue weighted by Crippen LogP contribution is -2.51. The van der Waals surface area contributed by atoms with Crippen molar-refractivity contribution in [2.24, 2.45) is 0 Å². The topological polar surface area (TPSA) is 105 Å². The van der Waals surface area contributed by atoms with Crippen molar-refractivity contribution in [3.8, 4) is 11.5 Å². The van der Waals surface area contributed by atoms with Gasteiger partial charge in [-0.2, -0.15) is 0 Å². The maximum atomic E-state index is 14.2. The normalized spacial score (nSPS) is 11.9. The zero-order valence-corrected chi connectivity index (χ0v) is 27.1. The Bertz CT molecular complexity index is 1510. The maximum absolute atomic E-state index is 14.2. The first-order valence-electron chi connectivity index (χ1n) is 14.1. The molecule has 3 rings (SSSR count). The first-order valence-corrected chi connectivity index (χ1v) is 15.9. The highest BCUT2D eigenvalue weighted by Gasteiger charge is 2.33. The number of ether oxygens (including phenoxy) is 2. The van der Waals surface area contributed by atoms with Crippen LogP contribution in [-0.4, -0.2) is 58.5 Å². The number of benzene rings is 3. The molecule has 0 aliphatic carbocycles. The second-order valence-electron chi connectivity index (χ2n) is 10.3. The molecule has 9 nitrogen and oxygen atoms in total. The highest BCUT2D eigenvalue weighted by molar-refractivity contribution is 7.92. The molecule has 0 heterocycles. The SMILES string of the molecule is CCCCNC(=O)C(C)N(Cc1ccc(Cl)cc1)C(=O)CN(c1cc(C)cc(C)c1)S(=O)(=O)c1ccc(OC)c(OC)c1. The molecule has 0 radical (unpaired) electrons. The van der Waals surface area contributed by atoms with Crippen LogP contribution in [0.1, 0.15) is 43.4 Å². The van der Waals surface area contributed by atoms with Crippen LogP contribution in [0, 0.1) is 13.8 Å². The van der Waals surface area contributed by atoms with Gasteiger partial charge in [0.2, 0.25) is 11.8 Å². The average Bonchev–Trinajstić information content (AvgIpc) is 2.98.